The van der Waals surface area contributed by atoms with Gasteiger partial charge in [-0.25, -0.2) is 0 Å². The van der Waals surface area contributed by atoms with Crippen molar-refractivity contribution in [1.29, 1.82) is 0 Å². The molecule has 0 saturated heterocycles. The molecule has 0 aliphatic heterocycles. The van der Waals surface area contributed by atoms with Gasteiger partial charge >= 0.3 is 77.5 Å². The van der Waals surface area contributed by atoms with Gasteiger partial charge in [-0.3, -0.25) is 0 Å². The number of halogens is 28. The number of alkyl halides is 28. The molecule has 0 radical (unpaired) electrons. The summed E-state index contributed by atoms with van der Waals surface area (Å²) in [5.41, 5.74) is 0. The molecule has 0 saturated carbocycles. The Morgan fingerprint density at radius 3 is 0.600 bits per heavy atom. The highest BCUT2D eigenvalue weighted by molar-refractivity contribution is 5.20. The van der Waals surface area contributed by atoms with Gasteiger partial charge in [0.25, 0.3) is 0 Å². The monoisotopic (exact) mass is 748 g/mol. The Hall–Kier alpha value is -2.04. The van der Waals surface area contributed by atoms with E-state index in [0.29, 0.717) is 0 Å². The highest BCUT2D eigenvalue weighted by Crippen LogP contribution is 2.68. The Kier molecular flexibility index (Phi) is 10.0. The summed E-state index contributed by atoms with van der Waals surface area (Å²) in [5.74, 6) is -103. The van der Waals surface area contributed by atoms with E-state index in [1.54, 1.807) is 0 Å². The molecule has 0 aromatic carbocycles. The lowest BCUT2D eigenvalue weighted by Gasteiger charge is -2.46. The second kappa shape index (κ2) is 10.5. The summed E-state index contributed by atoms with van der Waals surface area (Å²) in [5, 5.41) is 16.6. The van der Waals surface area contributed by atoms with Crippen molar-refractivity contribution in [3.05, 3.63) is 0 Å². The molecule has 0 aromatic rings. The third kappa shape index (κ3) is 5.25. The van der Waals surface area contributed by atoms with Crippen LogP contribution in [0.2, 0.25) is 0 Å². The zero-order valence-corrected chi connectivity index (χ0v) is 19.1. The topological polar surface area (TPSA) is 40.5 Å². The van der Waals surface area contributed by atoms with Gasteiger partial charge in [0.15, 0.2) is 12.2 Å². The average Bonchev–Trinajstić information content (AvgIpc) is 2.80. The SMILES string of the molecule is OC(C(O)C(F)(F)C(F)(F)C(F)(F)C(F)(F)C(F)(F)C(F)(F)C(F)(F)C(F)(F)C(F)(F)C(F)(F)C(F)(F)C(F)(F)F)C(F)(F)F. The van der Waals surface area contributed by atoms with Crippen LogP contribution in [0.25, 0.3) is 0 Å². The van der Waals surface area contributed by atoms with Crippen LogP contribution in [-0.4, -0.2) is 99.9 Å². The molecule has 0 heterocycles. The van der Waals surface area contributed by atoms with Crippen LogP contribution in [0.1, 0.15) is 0 Å². The molecule has 272 valence electrons. The Balaban J connectivity index is 7.41. The fraction of sp³-hybridized carbons (Fsp3) is 1.00. The molecule has 0 aromatic heterocycles. The first-order valence-electron chi connectivity index (χ1n) is 9.47. The quantitative estimate of drug-likeness (QED) is 0.200. The van der Waals surface area contributed by atoms with Gasteiger partial charge in [0.2, 0.25) is 0 Å². The van der Waals surface area contributed by atoms with Crippen LogP contribution >= 0.6 is 0 Å². The number of aliphatic hydroxyl groups excluding tert-OH is 2. The first-order valence-corrected chi connectivity index (χ1v) is 9.47. The second-order valence-electron chi connectivity index (χ2n) is 8.30. The minimum atomic E-state index is -9.85. The van der Waals surface area contributed by atoms with Gasteiger partial charge in [0, 0.05) is 0 Å². The molecule has 0 spiro atoms. The molecule has 0 amide bonds. The lowest BCUT2D eigenvalue weighted by molar-refractivity contribution is -0.483. The third-order valence-electron chi connectivity index (χ3n) is 5.33. The van der Waals surface area contributed by atoms with E-state index in [-0.39, 0.29) is 0 Å². The maximum atomic E-state index is 13.7. The van der Waals surface area contributed by atoms with E-state index in [4.69, 9.17) is 10.2 Å². The largest absolute Gasteiger partial charge is 0.460 e. The number of hydrogen-bond acceptors (Lipinski definition) is 2. The molecule has 0 bridgehead atoms. The van der Waals surface area contributed by atoms with Gasteiger partial charge in [-0.2, -0.15) is 123 Å². The molecule has 0 aliphatic carbocycles. The van der Waals surface area contributed by atoms with Gasteiger partial charge in [0.05, 0.1) is 0 Å². The minimum Gasteiger partial charge on any atom is -0.383 e. The molecular weight excluding hydrogens is 744 g/mol. The van der Waals surface area contributed by atoms with Gasteiger partial charge in [-0.15, -0.1) is 0 Å². The zero-order valence-electron chi connectivity index (χ0n) is 19.1. The first-order chi connectivity index (χ1) is 18.8. The molecule has 2 atom stereocenters. The van der Waals surface area contributed by atoms with Gasteiger partial charge in [-0.1, -0.05) is 0 Å². The van der Waals surface area contributed by atoms with E-state index in [9.17, 15) is 123 Å². The van der Waals surface area contributed by atoms with Crippen molar-refractivity contribution in [3.8, 4) is 0 Å². The van der Waals surface area contributed by atoms with E-state index in [1.165, 1.54) is 0 Å². The highest BCUT2D eigenvalue weighted by Gasteiger charge is 2.99. The zero-order chi connectivity index (χ0) is 37.7. The van der Waals surface area contributed by atoms with Crippen molar-refractivity contribution in [1.82, 2.24) is 0 Å². The summed E-state index contributed by atoms with van der Waals surface area (Å²) in [6, 6.07) is 0. The maximum Gasteiger partial charge on any atom is 0.460 e. The molecule has 0 fully saturated rings. The predicted octanol–water partition coefficient (Wildman–Crippen LogP) is 7.82. The summed E-state index contributed by atoms with van der Waals surface area (Å²) in [6.45, 7) is 0. The van der Waals surface area contributed by atoms with Crippen LogP contribution in [-0.2, 0) is 0 Å². The number of rotatable bonds is 12. The van der Waals surface area contributed by atoms with Crippen LogP contribution < -0.4 is 0 Å². The fourth-order valence-corrected chi connectivity index (χ4v) is 2.53. The Morgan fingerprint density at radius 2 is 0.422 bits per heavy atom. The third-order valence-corrected chi connectivity index (χ3v) is 5.33. The first kappa shape index (κ1) is 43.0. The van der Waals surface area contributed by atoms with Gasteiger partial charge in [-0.05, 0) is 0 Å². The average molecular weight is 748 g/mol. The normalized spacial score (nSPS) is 18.3. The van der Waals surface area contributed by atoms with Crippen LogP contribution in [0.3, 0.4) is 0 Å². The van der Waals surface area contributed by atoms with Crippen molar-refractivity contribution in [2.75, 3.05) is 0 Å². The lowest BCUT2D eigenvalue weighted by atomic mass is 9.83. The predicted molar refractivity (Wildman–Crippen MR) is 78.5 cm³/mol. The molecule has 45 heavy (non-hydrogen) atoms. The summed E-state index contributed by atoms with van der Waals surface area (Å²) in [6.07, 6.45) is -26.5. The number of hydrogen-bond donors (Lipinski definition) is 2. The fourth-order valence-electron chi connectivity index (χ4n) is 2.53. The molecule has 0 aliphatic rings. The van der Waals surface area contributed by atoms with Gasteiger partial charge < -0.3 is 10.2 Å². The summed E-state index contributed by atoms with van der Waals surface area (Å²) in [4.78, 5) is 0. The van der Waals surface area contributed by atoms with Crippen molar-refractivity contribution in [2.45, 2.75) is 89.7 Å². The highest BCUT2D eigenvalue weighted by atomic mass is 19.4. The van der Waals surface area contributed by atoms with Crippen molar-refractivity contribution in [3.63, 3.8) is 0 Å². The maximum absolute atomic E-state index is 13.7. The van der Waals surface area contributed by atoms with Crippen LogP contribution in [0.15, 0.2) is 0 Å². The molecule has 2 nitrogen and oxygen atoms in total. The summed E-state index contributed by atoms with van der Waals surface area (Å²) < 4.78 is 368. The van der Waals surface area contributed by atoms with E-state index >= 15 is 0 Å². The molecule has 0 rings (SSSR count). The van der Waals surface area contributed by atoms with E-state index < -0.39 is 89.7 Å². The standard InChI is InChI=1S/C15H4F28O2/c16-3(17,1(44)2(45)4(18,19)20)5(21,22)6(23,24)7(25,26)8(27,28)9(29,30)10(31,32)11(33,34)12(35,36)13(37,38)14(39,40)15(41,42)43/h1-2,44-45H. The molecule has 2 unspecified atom stereocenters. The van der Waals surface area contributed by atoms with Crippen LogP contribution in [0.5, 0.6) is 0 Å². The summed E-state index contributed by atoms with van der Waals surface area (Å²) in [7, 11) is 0. The smallest absolute Gasteiger partial charge is 0.383 e. The Morgan fingerprint density at radius 1 is 0.244 bits per heavy atom. The second-order valence-corrected chi connectivity index (χ2v) is 8.30. The van der Waals surface area contributed by atoms with Crippen molar-refractivity contribution in [2.24, 2.45) is 0 Å². The minimum absolute atomic E-state index is 5.48. The van der Waals surface area contributed by atoms with E-state index in [1.807, 2.05) is 0 Å². The Bertz CT molecular complexity index is 1060. The van der Waals surface area contributed by atoms with Crippen LogP contribution in [0.4, 0.5) is 123 Å². The van der Waals surface area contributed by atoms with E-state index in [0.717, 1.165) is 0 Å². The molecule has 30 heteroatoms. The van der Waals surface area contributed by atoms with Crippen molar-refractivity contribution < 1.29 is 133 Å². The van der Waals surface area contributed by atoms with E-state index in [2.05, 4.69) is 0 Å². The van der Waals surface area contributed by atoms with Crippen molar-refractivity contribution >= 4 is 0 Å². The number of aliphatic hydroxyl groups is 2. The summed E-state index contributed by atoms with van der Waals surface area (Å²) >= 11 is 0. The Labute approximate surface area is 224 Å². The van der Waals surface area contributed by atoms with Gasteiger partial charge in [0.1, 0.15) is 0 Å². The lowest BCUT2D eigenvalue weighted by Crippen LogP contribution is -2.78. The molecular formula is C15H4F28O2. The van der Waals surface area contributed by atoms with Crippen LogP contribution in [0, 0.1) is 0 Å². The molecule has 2 N–H and O–H groups in total.